The second-order valence-electron chi connectivity index (χ2n) is 5.33. The van der Waals surface area contributed by atoms with Crippen molar-refractivity contribution in [1.82, 2.24) is 4.31 Å². The SMILES string of the molecule is O=C(O)c1ccc2c(c1)CN(S(=O)(=O)c1ccc(Br)cc1)CC2. The van der Waals surface area contributed by atoms with Gasteiger partial charge in [-0.2, -0.15) is 4.31 Å². The first-order valence-electron chi connectivity index (χ1n) is 6.99. The van der Waals surface area contributed by atoms with Crippen molar-refractivity contribution >= 4 is 31.9 Å². The Morgan fingerprint density at radius 1 is 1.09 bits per heavy atom. The van der Waals surface area contributed by atoms with Crippen LogP contribution in [0.2, 0.25) is 0 Å². The fourth-order valence-corrected chi connectivity index (χ4v) is 4.31. The Bertz CT molecular complexity index is 862. The molecular formula is C16H14BrNO4S. The van der Waals surface area contributed by atoms with Gasteiger partial charge in [0, 0.05) is 17.6 Å². The van der Waals surface area contributed by atoms with E-state index in [-0.39, 0.29) is 17.0 Å². The fraction of sp³-hybridized carbons (Fsp3) is 0.188. The Labute approximate surface area is 142 Å². The first kappa shape index (κ1) is 16.2. The summed E-state index contributed by atoms with van der Waals surface area (Å²) in [5.74, 6) is -1.01. The molecular weight excluding hydrogens is 382 g/mol. The third-order valence-corrected chi connectivity index (χ3v) is 6.27. The van der Waals surface area contributed by atoms with Gasteiger partial charge in [-0.15, -0.1) is 0 Å². The lowest BCUT2D eigenvalue weighted by Crippen LogP contribution is -2.36. The molecule has 0 saturated heterocycles. The normalized spacial score (nSPS) is 15.2. The van der Waals surface area contributed by atoms with Crippen LogP contribution in [0.3, 0.4) is 0 Å². The molecule has 0 fully saturated rings. The number of hydrogen-bond acceptors (Lipinski definition) is 3. The summed E-state index contributed by atoms with van der Waals surface area (Å²) in [4.78, 5) is 11.3. The van der Waals surface area contributed by atoms with Crippen LogP contribution in [0.1, 0.15) is 21.5 Å². The minimum atomic E-state index is -3.59. The molecule has 0 radical (unpaired) electrons. The molecule has 1 heterocycles. The highest BCUT2D eigenvalue weighted by molar-refractivity contribution is 9.10. The van der Waals surface area contributed by atoms with Crippen LogP contribution in [0.15, 0.2) is 51.8 Å². The smallest absolute Gasteiger partial charge is 0.335 e. The Kier molecular flexibility index (Phi) is 4.27. The maximum absolute atomic E-state index is 12.7. The molecule has 0 atom stereocenters. The molecule has 0 amide bonds. The van der Waals surface area contributed by atoms with Crippen molar-refractivity contribution in [1.29, 1.82) is 0 Å². The van der Waals surface area contributed by atoms with Crippen LogP contribution in [0.4, 0.5) is 0 Å². The number of rotatable bonds is 3. The zero-order chi connectivity index (χ0) is 16.6. The van der Waals surface area contributed by atoms with Crippen LogP contribution in [0.25, 0.3) is 0 Å². The summed E-state index contributed by atoms with van der Waals surface area (Å²) in [6.07, 6.45) is 0.574. The van der Waals surface area contributed by atoms with E-state index in [1.807, 2.05) is 0 Å². The van der Waals surface area contributed by atoms with E-state index in [1.54, 1.807) is 42.5 Å². The molecule has 7 heteroatoms. The Morgan fingerprint density at radius 2 is 1.78 bits per heavy atom. The average Bonchev–Trinajstić information content (AvgIpc) is 2.54. The first-order valence-corrected chi connectivity index (χ1v) is 9.22. The van der Waals surface area contributed by atoms with Gasteiger partial charge < -0.3 is 5.11 Å². The van der Waals surface area contributed by atoms with E-state index in [0.717, 1.165) is 15.6 Å². The largest absolute Gasteiger partial charge is 0.478 e. The number of carboxylic acid groups (broad SMARTS) is 1. The fourth-order valence-electron chi connectivity index (χ4n) is 2.63. The lowest BCUT2D eigenvalue weighted by Gasteiger charge is -2.28. The van der Waals surface area contributed by atoms with Gasteiger partial charge in [0.1, 0.15) is 0 Å². The molecule has 1 N–H and O–H groups in total. The number of aromatic carboxylic acids is 1. The maximum atomic E-state index is 12.7. The van der Waals surface area contributed by atoms with Crippen molar-refractivity contribution in [3.05, 3.63) is 63.6 Å². The van der Waals surface area contributed by atoms with Crippen LogP contribution < -0.4 is 0 Å². The lowest BCUT2D eigenvalue weighted by molar-refractivity contribution is 0.0696. The van der Waals surface area contributed by atoms with Gasteiger partial charge in [0.2, 0.25) is 10.0 Å². The van der Waals surface area contributed by atoms with Crippen LogP contribution >= 0.6 is 15.9 Å². The minimum Gasteiger partial charge on any atom is -0.478 e. The zero-order valence-corrected chi connectivity index (χ0v) is 14.5. The second kappa shape index (κ2) is 6.07. The van der Waals surface area contributed by atoms with Crippen molar-refractivity contribution in [2.75, 3.05) is 6.54 Å². The molecule has 0 spiro atoms. The van der Waals surface area contributed by atoms with E-state index in [1.165, 1.54) is 4.31 Å². The quantitative estimate of drug-likeness (QED) is 0.866. The van der Waals surface area contributed by atoms with E-state index < -0.39 is 16.0 Å². The molecule has 5 nitrogen and oxygen atoms in total. The Balaban J connectivity index is 1.93. The zero-order valence-electron chi connectivity index (χ0n) is 12.1. The summed E-state index contributed by atoms with van der Waals surface area (Å²) in [5, 5.41) is 9.08. The lowest BCUT2D eigenvalue weighted by atomic mass is 9.99. The monoisotopic (exact) mass is 395 g/mol. The number of benzene rings is 2. The predicted octanol–water partition coefficient (Wildman–Crippen LogP) is 2.89. The molecule has 0 saturated carbocycles. The highest BCUT2D eigenvalue weighted by Crippen LogP contribution is 2.26. The highest BCUT2D eigenvalue weighted by Gasteiger charge is 2.28. The van der Waals surface area contributed by atoms with Gasteiger partial charge >= 0.3 is 5.97 Å². The molecule has 0 aliphatic carbocycles. The number of carboxylic acids is 1. The molecule has 2 aromatic rings. The number of halogens is 1. The molecule has 1 aliphatic heterocycles. The highest BCUT2D eigenvalue weighted by atomic mass is 79.9. The number of sulfonamides is 1. The van der Waals surface area contributed by atoms with Gasteiger partial charge in [0.15, 0.2) is 0 Å². The standard InChI is InChI=1S/C16H14BrNO4S/c17-14-3-5-15(6-4-14)23(21,22)18-8-7-11-1-2-12(16(19)20)9-13(11)10-18/h1-6,9H,7-8,10H2,(H,19,20). The summed E-state index contributed by atoms with van der Waals surface area (Å²) in [5.41, 5.74) is 1.92. The third-order valence-electron chi connectivity index (χ3n) is 3.88. The third kappa shape index (κ3) is 3.17. The maximum Gasteiger partial charge on any atom is 0.335 e. The topological polar surface area (TPSA) is 74.7 Å². The molecule has 0 unspecified atom stereocenters. The molecule has 2 aromatic carbocycles. The summed E-state index contributed by atoms with van der Waals surface area (Å²) in [7, 11) is -3.59. The predicted molar refractivity (Wildman–Crippen MR) is 88.8 cm³/mol. The van der Waals surface area contributed by atoms with Crippen molar-refractivity contribution in [2.24, 2.45) is 0 Å². The van der Waals surface area contributed by atoms with Crippen molar-refractivity contribution < 1.29 is 18.3 Å². The van der Waals surface area contributed by atoms with Gasteiger partial charge in [-0.25, -0.2) is 13.2 Å². The number of carbonyl (C=O) groups is 1. The minimum absolute atomic E-state index is 0.173. The molecule has 120 valence electrons. The van der Waals surface area contributed by atoms with E-state index >= 15 is 0 Å². The van der Waals surface area contributed by atoms with Crippen molar-refractivity contribution in [3.8, 4) is 0 Å². The van der Waals surface area contributed by atoms with Crippen molar-refractivity contribution in [2.45, 2.75) is 17.9 Å². The van der Waals surface area contributed by atoms with E-state index in [2.05, 4.69) is 15.9 Å². The summed E-state index contributed by atoms with van der Waals surface area (Å²) in [6.45, 7) is 0.576. The van der Waals surface area contributed by atoms with Gasteiger partial charge in [0.25, 0.3) is 0 Å². The summed E-state index contributed by atoms with van der Waals surface area (Å²) in [6, 6.07) is 11.4. The molecule has 0 bridgehead atoms. The van der Waals surface area contributed by atoms with E-state index in [4.69, 9.17) is 5.11 Å². The number of fused-ring (bicyclic) bond motifs is 1. The molecule has 23 heavy (non-hydrogen) atoms. The first-order chi connectivity index (χ1) is 10.9. The summed E-state index contributed by atoms with van der Waals surface area (Å²) >= 11 is 3.29. The van der Waals surface area contributed by atoms with Crippen LogP contribution in [-0.4, -0.2) is 30.3 Å². The van der Waals surface area contributed by atoms with Gasteiger partial charge in [0.05, 0.1) is 10.5 Å². The van der Waals surface area contributed by atoms with Crippen LogP contribution in [0.5, 0.6) is 0 Å². The van der Waals surface area contributed by atoms with Gasteiger partial charge in [-0.05, 0) is 53.9 Å². The van der Waals surface area contributed by atoms with Crippen LogP contribution in [0, 0.1) is 0 Å². The summed E-state index contributed by atoms with van der Waals surface area (Å²) < 4.78 is 27.6. The second-order valence-corrected chi connectivity index (χ2v) is 8.18. The number of nitrogens with zero attached hydrogens (tertiary/aromatic N) is 1. The van der Waals surface area contributed by atoms with Gasteiger partial charge in [-0.3, -0.25) is 0 Å². The van der Waals surface area contributed by atoms with Crippen molar-refractivity contribution in [3.63, 3.8) is 0 Å². The number of hydrogen-bond donors (Lipinski definition) is 1. The van der Waals surface area contributed by atoms with E-state index in [9.17, 15) is 13.2 Å². The van der Waals surface area contributed by atoms with Gasteiger partial charge in [-0.1, -0.05) is 22.0 Å². The molecule has 0 aromatic heterocycles. The Morgan fingerprint density at radius 3 is 2.43 bits per heavy atom. The molecule has 3 rings (SSSR count). The van der Waals surface area contributed by atoms with Crippen LogP contribution in [-0.2, 0) is 23.0 Å². The molecule has 1 aliphatic rings. The van der Waals surface area contributed by atoms with E-state index in [0.29, 0.717) is 13.0 Å². The average molecular weight is 396 g/mol. The Hall–Kier alpha value is -1.70.